The van der Waals surface area contributed by atoms with Gasteiger partial charge in [-0.05, 0) is 6.92 Å². The molecular weight excluding hydrogens is 115 g/mol. The molecule has 3 heteroatoms. The minimum Gasteiger partial charge on any atom is -0.433 e. The number of halogens is 1. The lowest BCUT2D eigenvalue weighted by atomic mass is 10.7. The van der Waals surface area contributed by atoms with Gasteiger partial charge in [-0.3, -0.25) is 4.79 Å². The van der Waals surface area contributed by atoms with Crippen LogP contribution >= 0.6 is 11.6 Å². The molecule has 7 heavy (non-hydrogen) atoms. The Balaban J connectivity index is 3.36. The molecule has 0 saturated carbocycles. The monoisotopic (exact) mass is 120 g/mol. The molecule has 2 nitrogen and oxygen atoms in total. The molecule has 0 bridgehead atoms. The fourth-order valence-electron chi connectivity index (χ4n) is 0.102. The third-order valence-corrected chi connectivity index (χ3v) is 0.695. The minimum absolute atomic E-state index is 0.328. The predicted octanol–water partition coefficient (Wildman–Crippen LogP) is 1.26. The van der Waals surface area contributed by atoms with Crippen molar-refractivity contribution in [3.05, 3.63) is 11.3 Å². The van der Waals surface area contributed by atoms with E-state index in [0.717, 1.165) is 0 Å². The highest BCUT2D eigenvalue weighted by Crippen LogP contribution is 1.92. The number of allylic oxidation sites excluding steroid dienone is 1. The van der Waals surface area contributed by atoms with E-state index in [4.69, 9.17) is 11.6 Å². The van der Waals surface area contributed by atoms with Crippen LogP contribution in [0.15, 0.2) is 11.3 Å². The topological polar surface area (TPSA) is 26.3 Å². The first-order chi connectivity index (χ1) is 3.31. The fraction of sp³-hybridized carbons (Fsp3) is 0.250. The van der Waals surface area contributed by atoms with E-state index in [1.54, 1.807) is 6.92 Å². The van der Waals surface area contributed by atoms with Crippen LogP contribution in [0.4, 0.5) is 0 Å². The molecule has 0 rings (SSSR count). The first-order valence-corrected chi connectivity index (χ1v) is 2.12. The Morgan fingerprint density at radius 3 is 2.57 bits per heavy atom. The van der Waals surface area contributed by atoms with Gasteiger partial charge in [0, 0.05) is 5.54 Å². The predicted molar refractivity (Wildman–Crippen MR) is 26.8 cm³/mol. The smallest absolute Gasteiger partial charge is 0.298 e. The second kappa shape index (κ2) is 3.68. The molecule has 0 aromatic carbocycles. The van der Waals surface area contributed by atoms with Gasteiger partial charge < -0.3 is 4.74 Å². The first kappa shape index (κ1) is 6.50. The molecule has 0 aliphatic rings. The van der Waals surface area contributed by atoms with Gasteiger partial charge in [0.1, 0.15) is 5.76 Å². The lowest BCUT2D eigenvalue weighted by Crippen LogP contribution is -1.79. The number of carbonyl (C=O) groups excluding carboxylic acids is 1. The number of hydrogen-bond acceptors (Lipinski definition) is 2. The van der Waals surface area contributed by atoms with E-state index in [-0.39, 0.29) is 0 Å². The number of carbonyl (C=O) groups is 1. The van der Waals surface area contributed by atoms with Crippen LogP contribution in [0.5, 0.6) is 0 Å². The third-order valence-electron chi connectivity index (χ3n) is 0.388. The second-order valence-electron chi connectivity index (χ2n) is 0.934. The van der Waals surface area contributed by atoms with Crippen molar-refractivity contribution in [3.8, 4) is 0 Å². The molecule has 0 atom stereocenters. The average molecular weight is 121 g/mol. The standard InChI is InChI=1S/C4H5ClO2/c1-4(2-5)7-3-6/h2-3H,1H3. The Labute approximate surface area is 46.7 Å². The van der Waals surface area contributed by atoms with E-state index in [1.165, 1.54) is 5.54 Å². The van der Waals surface area contributed by atoms with E-state index in [1.807, 2.05) is 0 Å². The van der Waals surface area contributed by atoms with Gasteiger partial charge in [-0.15, -0.1) is 0 Å². The summed E-state index contributed by atoms with van der Waals surface area (Å²) in [5.41, 5.74) is 1.19. The normalized spacial score (nSPS) is 10.9. The Kier molecular flexibility index (Phi) is 3.42. The number of rotatable bonds is 2. The maximum Gasteiger partial charge on any atom is 0.298 e. The van der Waals surface area contributed by atoms with Gasteiger partial charge in [0.05, 0.1) is 0 Å². The van der Waals surface area contributed by atoms with Crippen LogP contribution in [0, 0.1) is 0 Å². The molecule has 0 saturated heterocycles. The summed E-state index contributed by atoms with van der Waals surface area (Å²) in [6, 6.07) is 0. The largest absolute Gasteiger partial charge is 0.433 e. The molecule has 0 heterocycles. The molecule has 0 radical (unpaired) electrons. The lowest BCUT2D eigenvalue weighted by molar-refractivity contribution is -0.124. The maximum atomic E-state index is 9.45. The highest BCUT2D eigenvalue weighted by atomic mass is 35.5. The van der Waals surface area contributed by atoms with Crippen LogP contribution in [-0.2, 0) is 9.53 Å². The van der Waals surface area contributed by atoms with E-state index in [0.29, 0.717) is 12.2 Å². The summed E-state index contributed by atoms with van der Waals surface area (Å²) in [4.78, 5) is 9.45. The molecule has 40 valence electrons. The summed E-state index contributed by atoms with van der Waals surface area (Å²) in [6.45, 7) is 1.91. The van der Waals surface area contributed by atoms with Crippen molar-refractivity contribution in [2.45, 2.75) is 6.92 Å². The molecule has 0 fully saturated rings. The van der Waals surface area contributed by atoms with Gasteiger partial charge in [0.15, 0.2) is 0 Å². The van der Waals surface area contributed by atoms with Crippen molar-refractivity contribution in [1.29, 1.82) is 0 Å². The van der Waals surface area contributed by atoms with E-state index < -0.39 is 0 Å². The summed E-state index contributed by atoms with van der Waals surface area (Å²) in [7, 11) is 0. The molecule has 0 aliphatic carbocycles. The Morgan fingerprint density at radius 2 is 2.43 bits per heavy atom. The molecule has 0 aromatic rings. The second-order valence-corrected chi connectivity index (χ2v) is 1.15. The zero-order valence-electron chi connectivity index (χ0n) is 3.85. The molecule has 0 aromatic heterocycles. The average Bonchev–Trinajstić information content (AvgIpc) is 1.68. The van der Waals surface area contributed by atoms with E-state index in [2.05, 4.69) is 4.74 Å². The fourth-order valence-corrected chi connectivity index (χ4v) is 0.153. The lowest BCUT2D eigenvalue weighted by Gasteiger charge is -1.88. The Hall–Kier alpha value is -0.500. The highest BCUT2D eigenvalue weighted by Gasteiger charge is 1.79. The van der Waals surface area contributed by atoms with Crippen molar-refractivity contribution in [2.75, 3.05) is 0 Å². The van der Waals surface area contributed by atoms with Gasteiger partial charge in [-0.1, -0.05) is 11.6 Å². The molecule has 0 unspecified atom stereocenters. The molecule has 0 spiro atoms. The van der Waals surface area contributed by atoms with Crippen molar-refractivity contribution < 1.29 is 9.53 Å². The minimum atomic E-state index is 0.328. The van der Waals surface area contributed by atoms with E-state index >= 15 is 0 Å². The summed E-state index contributed by atoms with van der Waals surface area (Å²) < 4.78 is 4.24. The van der Waals surface area contributed by atoms with Crippen molar-refractivity contribution in [2.24, 2.45) is 0 Å². The van der Waals surface area contributed by atoms with Gasteiger partial charge in [0.25, 0.3) is 6.47 Å². The van der Waals surface area contributed by atoms with Crippen molar-refractivity contribution in [1.82, 2.24) is 0 Å². The molecular formula is C4H5ClO2. The molecule has 0 aliphatic heterocycles. The maximum absolute atomic E-state index is 9.45. The number of hydrogen-bond donors (Lipinski definition) is 0. The van der Waals surface area contributed by atoms with Crippen LogP contribution < -0.4 is 0 Å². The summed E-state index contributed by atoms with van der Waals surface area (Å²) in [5.74, 6) is 0.400. The van der Waals surface area contributed by atoms with Crippen LogP contribution in [0.3, 0.4) is 0 Å². The summed E-state index contributed by atoms with van der Waals surface area (Å²) in [5, 5.41) is 0. The molecule has 0 N–H and O–H groups in total. The SMILES string of the molecule is CC(=CCl)OC=O. The quantitative estimate of drug-likeness (QED) is 0.405. The van der Waals surface area contributed by atoms with Crippen LogP contribution in [0.1, 0.15) is 6.92 Å². The summed E-state index contributed by atoms with van der Waals surface area (Å²) >= 11 is 5.08. The van der Waals surface area contributed by atoms with E-state index in [9.17, 15) is 4.79 Å². The zero-order chi connectivity index (χ0) is 5.70. The van der Waals surface area contributed by atoms with Gasteiger partial charge >= 0.3 is 0 Å². The molecule has 0 amide bonds. The number of ether oxygens (including phenoxy) is 1. The third kappa shape index (κ3) is 3.33. The first-order valence-electron chi connectivity index (χ1n) is 1.68. The Bertz CT molecular complexity index is 87.7. The van der Waals surface area contributed by atoms with Gasteiger partial charge in [0.2, 0.25) is 0 Å². The zero-order valence-corrected chi connectivity index (χ0v) is 4.61. The Morgan fingerprint density at radius 1 is 1.86 bits per heavy atom. The summed E-state index contributed by atoms with van der Waals surface area (Å²) in [6.07, 6.45) is 0. The van der Waals surface area contributed by atoms with Crippen molar-refractivity contribution >= 4 is 18.1 Å². The van der Waals surface area contributed by atoms with Crippen molar-refractivity contribution in [3.63, 3.8) is 0 Å². The van der Waals surface area contributed by atoms with Gasteiger partial charge in [-0.2, -0.15) is 0 Å². The van der Waals surface area contributed by atoms with Crippen LogP contribution in [0.2, 0.25) is 0 Å². The van der Waals surface area contributed by atoms with Crippen LogP contribution in [-0.4, -0.2) is 6.47 Å². The van der Waals surface area contributed by atoms with Gasteiger partial charge in [-0.25, -0.2) is 0 Å². The van der Waals surface area contributed by atoms with Crippen LogP contribution in [0.25, 0.3) is 0 Å². The highest BCUT2D eigenvalue weighted by molar-refractivity contribution is 6.25.